The lowest BCUT2D eigenvalue weighted by Gasteiger charge is -2.06. The van der Waals surface area contributed by atoms with Crippen LogP contribution in [0.3, 0.4) is 0 Å². The molecule has 2 nitrogen and oxygen atoms in total. The lowest BCUT2D eigenvalue weighted by molar-refractivity contribution is -0.106. The summed E-state index contributed by atoms with van der Waals surface area (Å²) >= 11 is 0. The summed E-state index contributed by atoms with van der Waals surface area (Å²) in [6.07, 6.45) is -3.10. The molecule has 1 aliphatic carbocycles. The third kappa shape index (κ3) is 3.94. The number of alkyl halides is 3. The number of rotatable bonds is 3. The van der Waals surface area contributed by atoms with E-state index in [1.165, 1.54) is 0 Å². The van der Waals surface area contributed by atoms with E-state index in [0.717, 1.165) is 12.8 Å². The number of halogens is 3. The molecule has 0 unspecified atom stereocenters. The first-order chi connectivity index (χ1) is 5.29. The van der Waals surface area contributed by atoms with Gasteiger partial charge in [0, 0.05) is 0 Å². The summed E-state index contributed by atoms with van der Waals surface area (Å²) in [5, 5.41) is 0. The van der Waals surface area contributed by atoms with Gasteiger partial charge in [0.05, 0.1) is 5.75 Å². The van der Waals surface area contributed by atoms with Crippen LogP contribution in [0.25, 0.3) is 0 Å². The van der Waals surface area contributed by atoms with Crippen molar-refractivity contribution in [3.63, 3.8) is 0 Å². The molecule has 0 bridgehead atoms. The van der Waals surface area contributed by atoms with Crippen LogP contribution in [0.5, 0.6) is 0 Å². The van der Waals surface area contributed by atoms with Gasteiger partial charge in [-0.3, -0.25) is 0 Å². The molecule has 1 saturated carbocycles. The Morgan fingerprint density at radius 3 is 2.08 bits per heavy atom. The fourth-order valence-electron chi connectivity index (χ4n) is 0.952. The van der Waals surface area contributed by atoms with Crippen molar-refractivity contribution >= 4 is 9.84 Å². The first-order valence-corrected chi connectivity index (χ1v) is 5.38. The van der Waals surface area contributed by atoms with E-state index in [0.29, 0.717) is 0 Å². The minimum Gasteiger partial charge on any atom is -0.228 e. The molecular formula is C6H9F3O2S. The second kappa shape index (κ2) is 2.90. The minimum atomic E-state index is -4.59. The molecular weight excluding hydrogens is 193 g/mol. The maximum atomic E-state index is 11.6. The Hall–Kier alpha value is -0.260. The predicted octanol–water partition coefficient (Wildman–Crippen LogP) is 1.37. The zero-order valence-electron chi connectivity index (χ0n) is 6.26. The highest BCUT2D eigenvalue weighted by molar-refractivity contribution is 7.91. The smallest absolute Gasteiger partial charge is 0.228 e. The van der Waals surface area contributed by atoms with E-state index < -0.39 is 21.8 Å². The molecule has 0 aromatic carbocycles. The summed E-state index contributed by atoms with van der Waals surface area (Å²) in [4.78, 5) is 0. The predicted molar refractivity (Wildman–Crippen MR) is 37.4 cm³/mol. The van der Waals surface area contributed by atoms with Gasteiger partial charge in [0.1, 0.15) is 5.75 Å². The van der Waals surface area contributed by atoms with Crippen molar-refractivity contribution in [1.29, 1.82) is 0 Å². The highest BCUT2D eigenvalue weighted by atomic mass is 32.2. The highest BCUT2D eigenvalue weighted by Crippen LogP contribution is 2.31. The fraction of sp³-hybridized carbons (Fsp3) is 1.00. The van der Waals surface area contributed by atoms with Crippen molar-refractivity contribution in [2.45, 2.75) is 19.0 Å². The Morgan fingerprint density at radius 2 is 1.75 bits per heavy atom. The standard InChI is InChI=1S/C6H9F3O2S/c7-6(8,9)4-12(10,11)3-5-1-2-5/h5H,1-4H2. The Bertz CT molecular complexity index is 250. The normalized spacial score (nSPS) is 19.6. The van der Waals surface area contributed by atoms with Crippen LogP contribution in [0.1, 0.15) is 12.8 Å². The Kier molecular flexibility index (Phi) is 2.38. The molecule has 0 aliphatic heterocycles. The van der Waals surface area contributed by atoms with Crippen molar-refractivity contribution in [2.24, 2.45) is 5.92 Å². The highest BCUT2D eigenvalue weighted by Gasteiger charge is 2.38. The molecule has 0 spiro atoms. The summed E-state index contributed by atoms with van der Waals surface area (Å²) in [5.41, 5.74) is 0. The molecule has 0 N–H and O–H groups in total. The molecule has 0 aromatic rings. The SMILES string of the molecule is O=S(=O)(CC1CC1)CC(F)(F)F. The molecule has 0 radical (unpaired) electrons. The number of hydrogen-bond donors (Lipinski definition) is 0. The van der Waals surface area contributed by atoms with Gasteiger partial charge in [0.2, 0.25) is 0 Å². The molecule has 0 heterocycles. The van der Waals surface area contributed by atoms with Gasteiger partial charge in [0.15, 0.2) is 9.84 Å². The Morgan fingerprint density at radius 1 is 1.25 bits per heavy atom. The van der Waals surface area contributed by atoms with E-state index in [4.69, 9.17) is 0 Å². The molecule has 6 heteroatoms. The van der Waals surface area contributed by atoms with Crippen LogP contribution in [0, 0.1) is 5.92 Å². The van der Waals surface area contributed by atoms with E-state index in [1.54, 1.807) is 0 Å². The lowest BCUT2D eigenvalue weighted by atomic mass is 10.5. The molecule has 0 aromatic heterocycles. The van der Waals surface area contributed by atoms with Gasteiger partial charge in [-0.05, 0) is 18.8 Å². The monoisotopic (exact) mass is 202 g/mol. The first kappa shape index (κ1) is 9.83. The van der Waals surface area contributed by atoms with Crippen molar-refractivity contribution in [1.82, 2.24) is 0 Å². The van der Waals surface area contributed by atoms with Crippen molar-refractivity contribution in [2.75, 3.05) is 11.5 Å². The van der Waals surface area contributed by atoms with Crippen LogP contribution < -0.4 is 0 Å². The minimum absolute atomic E-state index is 0.0163. The van der Waals surface area contributed by atoms with Gasteiger partial charge >= 0.3 is 6.18 Å². The topological polar surface area (TPSA) is 34.1 Å². The van der Waals surface area contributed by atoms with Crippen LogP contribution in [0.15, 0.2) is 0 Å². The summed E-state index contributed by atoms with van der Waals surface area (Å²) in [6.45, 7) is 0. The summed E-state index contributed by atoms with van der Waals surface area (Å²) < 4.78 is 56.5. The van der Waals surface area contributed by atoms with Gasteiger partial charge in [0.25, 0.3) is 0 Å². The first-order valence-electron chi connectivity index (χ1n) is 3.56. The van der Waals surface area contributed by atoms with Gasteiger partial charge in [-0.2, -0.15) is 13.2 Å². The molecule has 0 saturated heterocycles. The van der Waals surface area contributed by atoms with E-state index in [2.05, 4.69) is 0 Å². The summed E-state index contributed by atoms with van der Waals surface area (Å²) in [6, 6.07) is 0. The lowest BCUT2D eigenvalue weighted by Crippen LogP contribution is -2.25. The molecule has 1 fully saturated rings. The zero-order chi connectivity index (χ0) is 9.41. The quantitative estimate of drug-likeness (QED) is 0.692. The third-order valence-electron chi connectivity index (χ3n) is 1.57. The fourth-order valence-corrected chi connectivity index (χ4v) is 2.62. The number of sulfone groups is 1. The molecule has 1 rings (SSSR count). The maximum absolute atomic E-state index is 11.6. The second-order valence-electron chi connectivity index (χ2n) is 3.11. The van der Waals surface area contributed by atoms with Crippen LogP contribution in [-0.4, -0.2) is 26.1 Å². The molecule has 0 atom stereocenters. The molecule has 12 heavy (non-hydrogen) atoms. The average molecular weight is 202 g/mol. The molecule has 0 amide bonds. The number of hydrogen-bond acceptors (Lipinski definition) is 2. The molecule has 1 aliphatic rings. The molecule has 72 valence electrons. The average Bonchev–Trinajstić information content (AvgIpc) is 2.39. The Balaban J connectivity index is 2.47. The van der Waals surface area contributed by atoms with Crippen molar-refractivity contribution in [3.05, 3.63) is 0 Å². The maximum Gasteiger partial charge on any atom is 0.402 e. The van der Waals surface area contributed by atoms with Crippen molar-refractivity contribution < 1.29 is 21.6 Å². The van der Waals surface area contributed by atoms with Crippen LogP contribution in [-0.2, 0) is 9.84 Å². The van der Waals surface area contributed by atoms with E-state index in [-0.39, 0.29) is 11.7 Å². The van der Waals surface area contributed by atoms with Gasteiger partial charge in [-0.15, -0.1) is 0 Å². The van der Waals surface area contributed by atoms with Crippen LogP contribution >= 0.6 is 0 Å². The second-order valence-corrected chi connectivity index (χ2v) is 5.22. The van der Waals surface area contributed by atoms with E-state index in [1.807, 2.05) is 0 Å². The summed E-state index contributed by atoms with van der Waals surface area (Å²) in [7, 11) is -3.90. The third-order valence-corrected chi connectivity index (χ3v) is 3.32. The Labute approximate surface area is 68.7 Å². The van der Waals surface area contributed by atoms with Crippen LogP contribution in [0.2, 0.25) is 0 Å². The summed E-state index contributed by atoms with van der Waals surface area (Å²) in [5.74, 6) is -1.99. The van der Waals surface area contributed by atoms with Gasteiger partial charge in [-0.25, -0.2) is 8.42 Å². The van der Waals surface area contributed by atoms with Gasteiger partial charge in [-0.1, -0.05) is 0 Å². The largest absolute Gasteiger partial charge is 0.402 e. The zero-order valence-corrected chi connectivity index (χ0v) is 7.08. The van der Waals surface area contributed by atoms with Crippen LogP contribution in [0.4, 0.5) is 13.2 Å². The van der Waals surface area contributed by atoms with E-state index in [9.17, 15) is 21.6 Å². The van der Waals surface area contributed by atoms with Gasteiger partial charge < -0.3 is 0 Å². The van der Waals surface area contributed by atoms with Crippen molar-refractivity contribution in [3.8, 4) is 0 Å². The van der Waals surface area contributed by atoms with E-state index >= 15 is 0 Å².